The average Bonchev–Trinajstić information content (AvgIpc) is 2.08. The minimum absolute atomic E-state index is 0. The van der Waals surface area contributed by atoms with Gasteiger partial charge in [0.15, 0.2) is 0 Å². The highest BCUT2D eigenvalue weighted by molar-refractivity contribution is 4.63. The second kappa shape index (κ2) is 19.5. The standard InChI is InChI=1S/C7H14O.C3H8.C2H6.2H2O/c1-6-3-4-8-7(2)5-6;1-3-2;1-2;;/h6-7H,3-5H2,1-2H3;3H2,1-2H3;1-2H3;2*1H2/t6-,7-;;;;/m0..../s1. The zero-order valence-electron chi connectivity index (χ0n) is 11.4. The van der Waals surface area contributed by atoms with Crippen molar-refractivity contribution in [3.63, 3.8) is 0 Å². The fraction of sp³-hybridized carbons (Fsp3) is 1.00. The fourth-order valence-corrected chi connectivity index (χ4v) is 1.22. The fourth-order valence-electron chi connectivity index (χ4n) is 1.22. The molecule has 3 nitrogen and oxygen atoms in total. The van der Waals surface area contributed by atoms with Crippen LogP contribution in [0.25, 0.3) is 0 Å². The summed E-state index contributed by atoms with van der Waals surface area (Å²) < 4.78 is 5.35. The first-order chi connectivity index (χ1) is 6.20. The largest absolute Gasteiger partial charge is 0.412 e. The third kappa shape index (κ3) is 20.1. The molecule has 1 aliphatic heterocycles. The van der Waals surface area contributed by atoms with Gasteiger partial charge >= 0.3 is 0 Å². The van der Waals surface area contributed by atoms with E-state index in [0.717, 1.165) is 12.5 Å². The van der Waals surface area contributed by atoms with E-state index in [9.17, 15) is 0 Å². The monoisotopic (exact) mass is 224 g/mol. The number of rotatable bonds is 0. The molecule has 1 saturated heterocycles. The van der Waals surface area contributed by atoms with Crippen LogP contribution in [-0.4, -0.2) is 23.7 Å². The third-order valence-electron chi connectivity index (χ3n) is 1.75. The van der Waals surface area contributed by atoms with Gasteiger partial charge in [0.2, 0.25) is 0 Å². The van der Waals surface area contributed by atoms with Crippen molar-refractivity contribution in [3.8, 4) is 0 Å². The summed E-state index contributed by atoms with van der Waals surface area (Å²) in [6.07, 6.45) is 4.27. The summed E-state index contributed by atoms with van der Waals surface area (Å²) in [5, 5.41) is 0. The minimum Gasteiger partial charge on any atom is -0.412 e. The zero-order valence-corrected chi connectivity index (χ0v) is 11.4. The van der Waals surface area contributed by atoms with E-state index in [1.165, 1.54) is 19.3 Å². The second-order valence-corrected chi connectivity index (χ2v) is 3.52. The molecule has 0 aromatic carbocycles. The molecule has 0 amide bonds. The number of hydrogen-bond donors (Lipinski definition) is 0. The van der Waals surface area contributed by atoms with Gasteiger partial charge in [0, 0.05) is 6.61 Å². The Morgan fingerprint density at radius 2 is 1.47 bits per heavy atom. The van der Waals surface area contributed by atoms with Crippen LogP contribution in [0, 0.1) is 5.92 Å². The Hall–Kier alpha value is -0.120. The quantitative estimate of drug-likeness (QED) is 0.623. The predicted octanol–water partition coefficient (Wildman–Crippen LogP) is 2.61. The van der Waals surface area contributed by atoms with Crippen molar-refractivity contribution in [3.05, 3.63) is 0 Å². The molecular formula is C12H32O3. The van der Waals surface area contributed by atoms with E-state index in [0.29, 0.717) is 6.10 Å². The molecule has 15 heavy (non-hydrogen) atoms. The van der Waals surface area contributed by atoms with Crippen LogP contribution >= 0.6 is 0 Å². The summed E-state index contributed by atoms with van der Waals surface area (Å²) in [6.45, 7) is 13.7. The maximum Gasteiger partial charge on any atom is 0.0549 e. The van der Waals surface area contributed by atoms with Gasteiger partial charge in [-0.05, 0) is 25.7 Å². The Balaban J connectivity index is -0.0000000763. The normalized spacial score (nSPS) is 22.8. The Labute approximate surface area is 95.8 Å². The number of hydrogen-bond acceptors (Lipinski definition) is 1. The van der Waals surface area contributed by atoms with Gasteiger partial charge in [-0.1, -0.05) is 41.0 Å². The van der Waals surface area contributed by atoms with Crippen LogP contribution in [0.3, 0.4) is 0 Å². The molecule has 1 fully saturated rings. The van der Waals surface area contributed by atoms with E-state index in [1.54, 1.807) is 0 Å². The summed E-state index contributed by atoms with van der Waals surface area (Å²) in [5.74, 6) is 0.888. The van der Waals surface area contributed by atoms with E-state index >= 15 is 0 Å². The first-order valence-corrected chi connectivity index (χ1v) is 5.82. The lowest BCUT2D eigenvalue weighted by Crippen LogP contribution is -2.20. The van der Waals surface area contributed by atoms with Crippen molar-refractivity contribution in [2.75, 3.05) is 6.61 Å². The SMILES string of the molecule is CC.CCC.C[C@H]1CCO[C@@H](C)C1.O.O. The van der Waals surface area contributed by atoms with E-state index < -0.39 is 0 Å². The molecule has 0 aliphatic carbocycles. The van der Waals surface area contributed by atoms with Gasteiger partial charge in [0.05, 0.1) is 6.10 Å². The molecule has 0 aromatic rings. The van der Waals surface area contributed by atoms with E-state index in [1.807, 2.05) is 13.8 Å². The first-order valence-electron chi connectivity index (χ1n) is 5.82. The van der Waals surface area contributed by atoms with Crippen LogP contribution in [0.15, 0.2) is 0 Å². The Kier molecular flexibility index (Phi) is 31.4. The first kappa shape index (κ1) is 24.2. The molecule has 0 spiro atoms. The molecule has 1 heterocycles. The molecule has 2 atom stereocenters. The van der Waals surface area contributed by atoms with Gasteiger partial charge in [-0.3, -0.25) is 0 Å². The highest BCUT2D eigenvalue weighted by Crippen LogP contribution is 2.18. The van der Waals surface area contributed by atoms with Gasteiger partial charge in [0.25, 0.3) is 0 Å². The summed E-state index contributed by atoms with van der Waals surface area (Å²) in [6, 6.07) is 0. The molecule has 0 radical (unpaired) electrons. The van der Waals surface area contributed by atoms with Crippen LogP contribution < -0.4 is 0 Å². The van der Waals surface area contributed by atoms with Gasteiger partial charge < -0.3 is 15.7 Å². The lowest BCUT2D eigenvalue weighted by Gasteiger charge is -2.23. The molecule has 4 N–H and O–H groups in total. The molecule has 3 heteroatoms. The van der Waals surface area contributed by atoms with Crippen molar-refractivity contribution >= 4 is 0 Å². The minimum atomic E-state index is 0. The molecule has 0 bridgehead atoms. The van der Waals surface area contributed by atoms with E-state index in [-0.39, 0.29) is 11.0 Å². The van der Waals surface area contributed by atoms with Crippen LogP contribution in [-0.2, 0) is 4.74 Å². The average molecular weight is 224 g/mol. The van der Waals surface area contributed by atoms with Crippen LogP contribution in [0.1, 0.15) is 60.8 Å². The smallest absolute Gasteiger partial charge is 0.0549 e. The van der Waals surface area contributed by atoms with Gasteiger partial charge in [0.1, 0.15) is 0 Å². The van der Waals surface area contributed by atoms with Gasteiger partial charge in [-0.25, -0.2) is 0 Å². The highest BCUT2D eigenvalue weighted by atomic mass is 16.5. The Bertz CT molecular complexity index is 78.9. The van der Waals surface area contributed by atoms with Gasteiger partial charge in [-0.2, -0.15) is 0 Å². The van der Waals surface area contributed by atoms with E-state index in [4.69, 9.17) is 4.74 Å². The second-order valence-electron chi connectivity index (χ2n) is 3.52. The summed E-state index contributed by atoms with van der Waals surface area (Å²) >= 11 is 0. The van der Waals surface area contributed by atoms with E-state index in [2.05, 4.69) is 27.7 Å². The molecular weight excluding hydrogens is 192 g/mol. The summed E-state index contributed by atoms with van der Waals surface area (Å²) in [4.78, 5) is 0. The lowest BCUT2D eigenvalue weighted by molar-refractivity contribution is 0.00682. The molecule has 1 aliphatic rings. The van der Waals surface area contributed by atoms with Crippen molar-refractivity contribution in [1.82, 2.24) is 0 Å². The molecule has 0 saturated carbocycles. The maximum atomic E-state index is 5.35. The lowest BCUT2D eigenvalue weighted by atomic mass is 9.99. The third-order valence-corrected chi connectivity index (χ3v) is 1.75. The Morgan fingerprint density at radius 3 is 1.67 bits per heavy atom. The summed E-state index contributed by atoms with van der Waals surface area (Å²) in [7, 11) is 0. The van der Waals surface area contributed by atoms with Crippen molar-refractivity contribution in [1.29, 1.82) is 0 Å². The highest BCUT2D eigenvalue weighted by Gasteiger charge is 2.13. The van der Waals surface area contributed by atoms with Gasteiger partial charge in [-0.15, -0.1) is 0 Å². The predicted molar refractivity (Wildman–Crippen MR) is 68.4 cm³/mol. The maximum absolute atomic E-state index is 5.35. The van der Waals surface area contributed by atoms with Crippen LogP contribution in [0.5, 0.6) is 0 Å². The van der Waals surface area contributed by atoms with Crippen molar-refractivity contribution < 1.29 is 15.7 Å². The van der Waals surface area contributed by atoms with Crippen LogP contribution in [0.4, 0.5) is 0 Å². The number of ether oxygens (including phenoxy) is 1. The van der Waals surface area contributed by atoms with Crippen molar-refractivity contribution in [2.45, 2.75) is 66.9 Å². The molecule has 1 rings (SSSR count). The molecule has 0 aromatic heterocycles. The van der Waals surface area contributed by atoms with Crippen LogP contribution in [0.2, 0.25) is 0 Å². The molecule has 0 unspecified atom stereocenters. The zero-order chi connectivity index (χ0) is 10.7. The topological polar surface area (TPSA) is 72.2 Å². The van der Waals surface area contributed by atoms with Crippen molar-refractivity contribution in [2.24, 2.45) is 5.92 Å². The molecule has 98 valence electrons. The Morgan fingerprint density at radius 1 is 1.07 bits per heavy atom. The summed E-state index contributed by atoms with van der Waals surface area (Å²) in [5.41, 5.74) is 0.